The van der Waals surface area contributed by atoms with Crippen LogP contribution in [0.15, 0.2) is 16.6 Å². The van der Waals surface area contributed by atoms with Crippen LogP contribution in [0.1, 0.15) is 26.3 Å². The minimum atomic E-state index is -0.288. The summed E-state index contributed by atoms with van der Waals surface area (Å²) in [6, 6.07) is 5.23. The number of rotatable bonds is 2. The zero-order valence-corrected chi connectivity index (χ0v) is 13.4. The van der Waals surface area contributed by atoms with E-state index in [4.69, 9.17) is 0 Å². The zero-order chi connectivity index (χ0) is 14.2. The minimum absolute atomic E-state index is 0.0959. The van der Waals surface area contributed by atoms with Gasteiger partial charge in [0.15, 0.2) is 0 Å². The number of thiophene rings is 1. The quantitative estimate of drug-likeness (QED) is 0.822. The number of hydrogen-bond acceptors (Lipinski definition) is 3. The predicted molar refractivity (Wildman–Crippen MR) is 82.1 cm³/mol. The van der Waals surface area contributed by atoms with Gasteiger partial charge in [0.2, 0.25) is 0 Å². The molecule has 1 heterocycles. The first-order chi connectivity index (χ1) is 8.83. The van der Waals surface area contributed by atoms with Gasteiger partial charge >= 0.3 is 0 Å². The largest absolute Gasteiger partial charge is 0.375 e. The Labute approximate surface area is 124 Å². The van der Waals surface area contributed by atoms with Crippen LogP contribution in [0.5, 0.6) is 0 Å². The van der Waals surface area contributed by atoms with E-state index in [0.717, 1.165) is 16.0 Å². The predicted octanol–water partition coefficient (Wildman–Crippen LogP) is 5.13. The van der Waals surface area contributed by atoms with Crippen LogP contribution in [0.2, 0.25) is 0 Å². The van der Waals surface area contributed by atoms with Crippen LogP contribution in [-0.4, -0.2) is 6.54 Å². The monoisotopic (exact) mass is 340 g/mol. The van der Waals surface area contributed by atoms with Gasteiger partial charge in [0, 0.05) is 16.4 Å². The molecule has 2 nitrogen and oxygen atoms in total. The van der Waals surface area contributed by atoms with Gasteiger partial charge < -0.3 is 5.32 Å². The smallest absolute Gasteiger partial charge is 0.141 e. The van der Waals surface area contributed by atoms with Gasteiger partial charge in [-0.25, -0.2) is 4.39 Å². The summed E-state index contributed by atoms with van der Waals surface area (Å²) < 4.78 is 15.1. The molecule has 0 amide bonds. The standard InChI is InChI=1S/C14H14BrFN2S/c1-14(2,3)7-18-13-8(6-17)11-9(15)4-5-10(16)12(11)19-13/h4-5,18H,7H2,1-3H3. The first-order valence-corrected chi connectivity index (χ1v) is 7.49. The maximum atomic E-state index is 13.8. The first-order valence-electron chi connectivity index (χ1n) is 5.88. The Bertz CT molecular complexity index is 665. The van der Waals surface area contributed by atoms with E-state index in [2.05, 4.69) is 48.1 Å². The Morgan fingerprint density at radius 1 is 1.42 bits per heavy atom. The molecule has 100 valence electrons. The first kappa shape index (κ1) is 14.3. The van der Waals surface area contributed by atoms with Crippen molar-refractivity contribution in [3.05, 3.63) is 28.0 Å². The molecule has 0 saturated carbocycles. The van der Waals surface area contributed by atoms with Crippen molar-refractivity contribution < 1.29 is 4.39 Å². The van der Waals surface area contributed by atoms with Crippen molar-refractivity contribution in [3.8, 4) is 6.07 Å². The lowest BCUT2D eigenvalue weighted by Crippen LogP contribution is -2.18. The van der Waals surface area contributed by atoms with Crippen LogP contribution in [0.3, 0.4) is 0 Å². The Balaban J connectivity index is 2.54. The summed E-state index contributed by atoms with van der Waals surface area (Å²) in [6.45, 7) is 7.05. The average Bonchev–Trinajstić information content (AvgIpc) is 2.70. The SMILES string of the molecule is CC(C)(C)CNc1sc2c(F)ccc(Br)c2c1C#N. The van der Waals surface area contributed by atoms with E-state index in [9.17, 15) is 9.65 Å². The highest BCUT2D eigenvalue weighted by Gasteiger charge is 2.19. The number of anilines is 1. The van der Waals surface area contributed by atoms with Crippen molar-refractivity contribution in [1.82, 2.24) is 0 Å². The highest BCUT2D eigenvalue weighted by Crippen LogP contribution is 2.40. The van der Waals surface area contributed by atoms with Crippen LogP contribution in [0, 0.1) is 22.6 Å². The molecule has 0 aliphatic heterocycles. The fraction of sp³-hybridized carbons (Fsp3) is 0.357. The highest BCUT2D eigenvalue weighted by atomic mass is 79.9. The molecule has 1 aromatic carbocycles. The molecule has 0 saturated heterocycles. The van der Waals surface area contributed by atoms with E-state index in [1.54, 1.807) is 6.07 Å². The van der Waals surface area contributed by atoms with Crippen molar-refractivity contribution in [3.63, 3.8) is 0 Å². The fourth-order valence-corrected chi connectivity index (χ4v) is 3.45. The van der Waals surface area contributed by atoms with Crippen LogP contribution in [-0.2, 0) is 0 Å². The molecule has 0 radical (unpaired) electrons. The Hall–Kier alpha value is -1.12. The summed E-state index contributed by atoms with van der Waals surface area (Å²) in [5.74, 6) is -0.288. The van der Waals surface area contributed by atoms with E-state index < -0.39 is 0 Å². The van der Waals surface area contributed by atoms with Crippen LogP contribution in [0.4, 0.5) is 9.39 Å². The molecule has 0 atom stereocenters. The molecule has 0 aliphatic carbocycles. The van der Waals surface area contributed by atoms with Crippen LogP contribution in [0.25, 0.3) is 10.1 Å². The number of benzene rings is 1. The van der Waals surface area contributed by atoms with Crippen molar-refractivity contribution in [2.75, 3.05) is 11.9 Å². The molecule has 19 heavy (non-hydrogen) atoms. The fourth-order valence-electron chi connectivity index (χ4n) is 1.71. The van der Waals surface area contributed by atoms with Gasteiger partial charge in [-0.2, -0.15) is 5.26 Å². The van der Waals surface area contributed by atoms with E-state index >= 15 is 0 Å². The number of nitrogens with zero attached hydrogens (tertiary/aromatic N) is 1. The zero-order valence-electron chi connectivity index (χ0n) is 11.0. The van der Waals surface area contributed by atoms with E-state index in [1.807, 2.05) is 0 Å². The van der Waals surface area contributed by atoms with Crippen LogP contribution >= 0.6 is 27.3 Å². The summed E-state index contributed by atoms with van der Waals surface area (Å²) in [7, 11) is 0. The summed E-state index contributed by atoms with van der Waals surface area (Å²) in [6.07, 6.45) is 0. The second-order valence-corrected chi connectivity index (χ2v) is 7.44. The lowest BCUT2D eigenvalue weighted by atomic mass is 9.97. The van der Waals surface area contributed by atoms with Gasteiger partial charge in [-0.1, -0.05) is 36.7 Å². The van der Waals surface area contributed by atoms with E-state index in [1.165, 1.54) is 17.4 Å². The molecule has 1 aromatic heterocycles. The molecule has 0 bridgehead atoms. The molecular weight excluding hydrogens is 327 g/mol. The molecule has 2 aromatic rings. The van der Waals surface area contributed by atoms with Crippen molar-refractivity contribution in [1.29, 1.82) is 5.26 Å². The number of fused-ring (bicyclic) bond motifs is 1. The number of nitriles is 1. The van der Waals surface area contributed by atoms with E-state index in [-0.39, 0.29) is 11.2 Å². The minimum Gasteiger partial charge on any atom is -0.375 e. The van der Waals surface area contributed by atoms with Gasteiger partial charge in [-0.05, 0) is 17.5 Å². The molecule has 0 unspecified atom stereocenters. The highest BCUT2D eigenvalue weighted by molar-refractivity contribution is 9.10. The molecule has 0 fully saturated rings. The second-order valence-electron chi connectivity index (χ2n) is 5.57. The maximum Gasteiger partial charge on any atom is 0.141 e. The topological polar surface area (TPSA) is 35.8 Å². The number of halogens is 2. The molecule has 5 heteroatoms. The third-order valence-electron chi connectivity index (χ3n) is 2.63. The van der Waals surface area contributed by atoms with Gasteiger partial charge in [0.05, 0.1) is 10.3 Å². The Morgan fingerprint density at radius 2 is 2.11 bits per heavy atom. The normalized spacial score (nSPS) is 11.6. The molecule has 1 N–H and O–H groups in total. The van der Waals surface area contributed by atoms with Gasteiger partial charge in [-0.15, -0.1) is 11.3 Å². The van der Waals surface area contributed by atoms with Crippen molar-refractivity contribution in [2.45, 2.75) is 20.8 Å². The maximum absolute atomic E-state index is 13.8. The van der Waals surface area contributed by atoms with Gasteiger partial charge in [-0.3, -0.25) is 0 Å². The summed E-state index contributed by atoms with van der Waals surface area (Å²) in [4.78, 5) is 0. The Morgan fingerprint density at radius 3 is 2.68 bits per heavy atom. The van der Waals surface area contributed by atoms with Crippen molar-refractivity contribution >= 4 is 42.4 Å². The summed E-state index contributed by atoms with van der Waals surface area (Å²) >= 11 is 4.68. The molecular formula is C14H14BrFN2S. The lowest BCUT2D eigenvalue weighted by Gasteiger charge is -2.18. The number of nitrogens with one attached hydrogen (secondary N) is 1. The van der Waals surface area contributed by atoms with Crippen molar-refractivity contribution in [2.24, 2.45) is 5.41 Å². The Kier molecular flexibility index (Phi) is 3.84. The van der Waals surface area contributed by atoms with E-state index in [0.29, 0.717) is 15.6 Å². The lowest BCUT2D eigenvalue weighted by molar-refractivity contribution is 0.443. The average molecular weight is 341 g/mol. The third kappa shape index (κ3) is 2.90. The van der Waals surface area contributed by atoms with Gasteiger partial charge in [0.1, 0.15) is 16.9 Å². The molecule has 2 rings (SSSR count). The molecule has 0 spiro atoms. The van der Waals surface area contributed by atoms with Gasteiger partial charge in [0.25, 0.3) is 0 Å². The van der Waals surface area contributed by atoms with Crippen LogP contribution < -0.4 is 5.32 Å². The summed E-state index contributed by atoms with van der Waals surface area (Å²) in [5, 5.41) is 14.0. The second kappa shape index (κ2) is 5.10. The third-order valence-corrected chi connectivity index (χ3v) is 4.45. The molecule has 0 aliphatic rings. The summed E-state index contributed by atoms with van der Waals surface area (Å²) in [5.41, 5.74) is 0.606. The number of hydrogen-bond donors (Lipinski definition) is 1.